The minimum Gasteiger partial charge on any atom is -0.340 e. The van der Waals surface area contributed by atoms with Gasteiger partial charge in [0.2, 0.25) is 5.91 Å². The van der Waals surface area contributed by atoms with Gasteiger partial charge in [0, 0.05) is 37.2 Å². The van der Waals surface area contributed by atoms with Crippen molar-refractivity contribution in [1.82, 2.24) is 15.2 Å². The second-order valence-corrected chi connectivity index (χ2v) is 6.49. The number of thiazole rings is 1. The van der Waals surface area contributed by atoms with E-state index in [0.29, 0.717) is 6.42 Å². The highest BCUT2D eigenvalue weighted by Crippen LogP contribution is 2.22. The van der Waals surface area contributed by atoms with Gasteiger partial charge in [0.05, 0.1) is 12.1 Å². The van der Waals surface area contributed by atoms with E-state index in [0.717, 1.165) is 49.1 Å². The van der Waals surface area contributed by atoms with Gasteiger partial charge >= 0.3 is 0 Å². The van der Waals surface area contributed by atoms with Gasteiger partial charge in [0.1, 0.15) is 0 Å². The van der Waals surface area contributed by atoms with Crippen molar-refractivity contribution in [1.29, 1.82) is 0 Å². The van der Waals surface area contributed by atoms with Gasteiger partial charge in [-0.2, -0.15) is 0 Å². The Morgan fingerprint density at radius 1 is 1.30 bits per heavy atom. The van der Waals surface area contributed by atoms with Crippen LogP contribution in [0.15, 0.2) is 29.6 Å². The number of rotatable bonds is 5. The number of hydrogen-bond donors (Lipinski definition) is 2. The number of benzene rings is 1. The summed E-state index contributed by atoms with van der Waals surface area (Å²) in [6.45, 7) is 5.48. The summed E-state index contributed by atoms with van der Waals surface area (Å²) in [6.07, 6.45) is 1.42. The number of nitrogens with zero attached hydrogens (tertiary/aromatic N) is 2. The molecule has 3 rings (SSSR count). The van der Waals surface area contributed by atoms with Gasteiger partial charge in [-0.05, 0) is 24.1 Å². The molecule has 122 valence electrons. The Morgan fingerprint density at radius 2 is 2.04 bits per heavy atom. The zero-order valence-corrected chi connectivity index (χ0v) is 14.2. The lowest BCUT2D eigenvalue weighted by Gasteiger charge is -2.27. The fourth-order valence-corrected chi connectivity index (χ4v) is 3.30. The molecule has 5 nitrogen and oxygen atoms in total. The number of piperazine rings is 1. The van der Waals surface area contributed by atoms with E-state index in [4.69, 9.17) is 0 Å². The van der Waals surface area contributed by atoms with Gasteiger partial charge < -0.3 is 15.5 Å². The lowest BCUT2D eigenvalue weighted by molar-refractivity contribution is -0.131. The predicted octanol–water partition coefficient (Wildman–Crippen LogP) is 2.42. The van der Waals surface area contributed by atoms with E-state index in [1.165, 1.54) is 16.9 Å². The van der Waals surface area contributed by atoms with Crippen LogP contribution in [0.25, 0.3) is 0 Å². The summed E-state index contributed by atoms with van der Waals surface area (Å²) in [5.74, 6) is 0.163. The molecule has 0 atom stereocenters. The van der Waals surface area contributed by atoms with Crippen LogP contribution in [0.4, 0.5) is 10.8 Å². The molecule has 23 heavy (non-hydrogen) atoms. The zero-order valence-electron chi connectivity index (χ0n) is 13.3. The van der Waals surface area contributed by atoms with Gasteiger partial charge in [0.15, 0.2) is 5.13 Å². The van der Waals surface area contributed by atoms with E-state index in [-0.39, 0.29) is 5.91 Å². The minimum atomic E-state index is 0.163. The summed E-state index contributed by atoms with van der Waals surface area (Å²) in [4.78, 5) is 18.7. The quantitative estimate of drug-likeness (QED) is 0.884. The second kappa shape index (κ2) is 7.57. The van der Waals surface area contributed by atoms with Gasteiger partial charge in [-0.25, -0.2) is 4.98 Å². The molecule has 0 spiro atoms. The summed E-state index contributed by atoms with van der Waals surface area (Å²) in [7, 11) is 0. The Bertz CT molecular complexity index is 647. The maximum Gasteiger partial charge on any atom is 0.228 e. The monoisotopic (exact) mass is 330 g/mol. The molecule has 1 fully saturated rings. The highest BCUT2D eigenvalue weighted by atomic mass is 32.1. The van der Waals surface area contributed by atoms with E-state index in [2.05, 4.69) is 46.8 Å². The average Bonchev–Trinajstić information content (AvgIpc) is 3.03. The van der Waals surface area contributed by atoms with Crippen LogP contribution < -0.4 is 10.6 Å². The summed E-state index contributed by atoms with van der Waals surface area (Å²) in [5, 5.41) is 9.35. The molecule has 0 saturated carbocycles. The Labute approximate surface area is 140 Å². The van der Waals surface area contributed by atoms with Gasteiger partial charge in [0.25, 0.3) is 0 Å². The first-order valence-corrected chi connectivity index (χ1v) is 8.91. The molecule has 1 aliphatic rings. The van der Waals surface area contributed by atoms with Crippen LogP contribution in [0.1, 0.15) is 18.2 Å². The molecule has 6 heteroatoms. The average molecular weight is 330 g/mol. The second-order valence-electron chi connectivity index (χ2n) is 5.63. The van der Waals surface area contributed by atoms with Crippen LogP contribution in [0.3, 0.4) is 0 Å². The van der Waals surface area contributed by atoms with E-state index >= 15 is 0 Å². The third-order valence-electron chi connectivity index (χ3n) is 3.97. The Kier molecular flexibility index (Phi) is 5.25. The molecular formula is C17H22N4OS. The number of aryl methyl sites for hydroxylation is 1. The molecule has 0 radical (unpaired) electrons. The Balaban J connectivity index is 1.57. The number of aromatic nitrogens is 1. The van der Waals surface area contributed by atoms with Gasteiger partial charge in [-0.1, -0.05) is 19.1 Å². The minimum absolute atomic E-state index is 0.163. The zero-order chi connectivity index (χ0) is 16.1. The number of amides is 1. The maximum atomic E-state index is 12.2. The molecule has 1 aliphatic heterocycles. The topological polar surface area (TPSA) is 57.3 Å². The van der Waals surface area contributed by atoms with Crippen LogP contribution in [0, 0.1) is 0 Å². The third-order valence-corrected chi connectivity index (χ3v) is 4.77. The number of anilines is 2. The molecule has 1 aromatic carbocycles. The van der Waals surface area contributed by atoms with Gasteiger partial charge in [-0.3, -0.25) is 4.79 Å². The van der Waals surface area contributed by atoms with E-state index in [1.807, 2.05) is 10.3 Å². The molecular weight excluding hydrogens is 308 g/mol. The highest BCUT2D eigenvalue weighted by molar-refractivity contribution is 7.13. The van der Waals surface area contributed by atoms with Crippen molar-refractivity contribution >= 4 is 28.1 Å². The predicted molar refractivity (Wildman–Crippen MR) is 94.4 cm³/mol. The van der Waals surface area contributed by atoms with Crippen LogP contribution in [-0.2, 0) is 17.6 Å². The van der Waals surface area contributed by atoms with Crippen molar-refractivity contribution in [2.24, 2.45) is 0 Å². The molecule has 2 aromatic rings. The van der Waals surface area contributed by atoms with E-state index < -0.39 is 0 Å². The van der Waals surface area contributed by atoms with Crippen LogP contribution in [0.5, 0.6) is 0 Å². The molecule has 1 amide bonds. The smallest absolute Gasteiger partial charge is 0.228 e. The Morgan fingerprint density at radius 3 is 2.74 bits per heavy atom. The van der Waals surface area contributed by atoms with Crippen molar-refractivity contribution in [3.8, 4) is 0 Å². The first kappa shape index (κ1) is 16.0. The largest absolute Gasteiger partial charge is 0.340 e. The number of carbonyl (C=O) groups is 1. The molecule has 1 saturated heterocycles. The molecule has 1 aromatic heterocycles. The van der Waals surface area contributed by atoms with Crippen molar-refractivity contribution < 1.29 is 4.79 Å². The van der Waals surface area contributed by atoms with E-state index in [1.54, 1.807) is 0 Å². The summed E-state index contributed by atoms with van der Waals surface area (Å²) < 4.78 is 0. The van der Waals surface area contributed by atoms with Crippen LogP contribution >= 0.6 is 11.3 Å². The number of hydrogen-bond acceptors (Lipinski definition) is 5. The Hall–Kier alpha value is -1.92. The fraction of sp³-hybridized carbons (Fsp3) is 0.412. The third kappa shape index (κ3) is 4.30. The van der Waals surface area contributed by atoms with Crippen LogP contribution in [-0.4, -0.2) is 42.0 Å². The van der Waals surface area contributed by atoms with Crippen molar-refractivity contribution in [3.05, 3.63) is 40.9 Å². The van der Waals surface area contributed by atoms with Crippen molar-refractivity contribution in [2.45, 2.75) is 19.8 Å². The lowest BCUT2D eigenvalue weighted by atomic mass is 10.1. The van der Waals surface area contributed by atoms with Gasteiger partial charge in [-0.15, -0.1) is 11.3 Å². The molecule has 0 unspecified atom stereocenters. The number of carbonyl (C=O) groups excluding carboxylic acids is 1. The fourth-order valence-electron chi connectivity index (χ4n) is 2.57. The van der Waals surface area contributed by atoms with Crippen molar-refractivity contribution in [2.75, 3.05) is 31.5 Å². The van der Waals surface area contributed by atoms with Crippen molar-refractivity contribution in [3.63, 3.8) is 0 Å². The number of nitrogens with one attached hydrogen (secondary N) is 2. The molecule has 0 aliphatic carbocycles. The normalized spacial score (nSPS) is 14.7. The SMILES string of the molecule is CCc1ccc(Nc2nc(CC(=O)N3CCNCC3)cs2)cc1. The summed E-state index contributed by atoms with van der Waals surface area (Å²) in [6, 6.07) is 8.35. The van der Waals surface area contributed by atoms with Crippen LogP contribution in [0.2, 0.25) is 0 Å². The molecule has 2 heterocycles. The maximum absolute atomic E-state index is 12.2. The first-order valence-electron chi connectivity index (χ1n) is 8.03. The summed E-state index contributed by atoms with van der Waals surface area (Å²) >= 11 is 1.54. The molecule has 2 N–H and O–H groups in total. The highest BCUT2D eigenvalue weighted by Gasteiger charge is 2.17. The lowest BCUT2D eigenvalue weighted by Crippen LogP contribution is -2.46. The van der Waals surface area contributed by atoms with E-state index in [9.17, 15) is 4.79 Å². The standard InChI is InChI=1S/C17H22N4OS/c1-2-13-3-5-14(6-4-13)19-17-20-15(12-23-17)11-16(22)21-9-7-18-8-10-21/h3-6,12,18H,2,7-11H2,1H3,(H,19,20). The first-order chi connectivity index (χ1) is 11.2. The molecule has 0 bridgehead atoms. The summed E-state index contributed by atoms with van der Waals surface area (Å²) in [5.41, 5.74) is 3.18.